The first kappa shape index (κ1) is 17.2. The highest BCUT2D eigenvalue weighted by atomic mass is 16.2. The second kappa shape index (κ2) is 7.51. The summed E-state index contributed by atoms with van der Waals surface area (Å²) in [6.07, 6.45) is 4.70. The molecule has 6 heteroatoms. The molecular formula is C19H24N4O2. The zero-order chi connectivity index (χ0) is 17.8. The lowest BCUT2D eigenvalue weighted by Crippen LogP contribution is -2.43. The molecule has 1 unspecified atom stereocenters. The van der Waals surface area contributed by atoms with E-state index < -0.39 is 0 Å². The Kier molecular flexibility index (Phi) is 5.16. The topological polar surface area (TPSA) is 78.1 Å². The van der Waals surface area contributed by atoms with Gasteiger partial charge in [0, 0.05) is 36.1 Å². The first-order chi connectivity index (χ1) is 12.1. The number of hydrogen-bond donors (Lipinski definition) is 2. The molecule has 0 saturated carbocycles. The number of amides is 2. The van der Waals surface area contributed by atoms with E-state index in [-0.39, 0.29) is 17.9 Å². The number of aromatic nitrogens is 2. The van der Waals surface area contributed by atoms with Crippen LogP contribution in [0.4, 0.5) is 5.69 Å². The minimum Gasteiger partial charge on any atom is -0.342 e. The van der Waals surface area contributed by atoms with Gasteiger partial charge in [0.25, 0.3) is 0 Å². The Bertz CT molecular complexity index is 751. The van der Waals surface area contributed by atoms with E-state index in [0.717, 1.165) is 42.0 Å². The highest BCUT2D eigenvalue weighted by Gasteiger charge is 2.33. The summed E-state index contributed by atoms with van der Waals surface area (Å²) in [7, 11) is 0. The van der Waals surface area contributed by atoms with E-state index in [9.17, 15) is 9.59 Å². The molecule has 1 aromatic carbocycles. The molecule has 0 bridgehead atoms. The van der Waals surface area contributed by atoms with Crippen molar-refractivity contribution in [2.24, 2.45) is 0 Å². The monoisotopic (exact) mass is 340 g/mol. The first-order valence-electron chi connectivity index (χ1n) is 8.81. The molecule has 1 atom stereocenters. The third-order valence-corrected chi connectivity index (χ3v) is 4.47. The van der Waals surface area contributed by atoms with Gasteiger partial charge in [0.1, 0.15) is 11.9 Å². The number of aromatic amines is 1. The van der Waals surface area contributed by atoms with Gasteiger partial charge in [0.15, 0.2) is 0 Å². The van der Waals surface area contributed by atoms with Crippen molar-refractivity contribution in [2.45, 2.75) is 45.6 Å². The van der Waals surface area contributed by atoms with Gasteiger partial charge in [-0.1, -0.05) is 6.92 Å². The molecule has 0 aliphatic carbocycles. The van der Waals surface area contributed by atoms with Gasteiger partial charge < -0.3 is 15.2 Å². The van der Waals surface area contributed by atoms with Gasteiger partial charge >= 0.3 is 0 Å². The number of rotatable bonds is 5. The van der Waals surface area contributed by atoms with Crippen molar-refractivity contribution in [3.63, 3.8) is 0 Å². The Morgan fingerprint density at radius 1 is 1.32 bits per heavy atom. The molecule has 2 amide bonds. The highest BCUT2D eigenvalue weighted by molar-refractivity contribution is 5.97. The van der Waals surface area contributed by atoms with Crippen LogP contribution in [0.5, 0.6) is 0 Å². The van der Waals surface area contributed by atoms with Crippen LogP contribution in [0.1, 0.15) is 38.3 Å². The lowest BCUT2D eigenvalue weighted by molar-refractivity contribution is -0.136. The lowest BCUT2D eigenvalue weighted by Gasteiger charge is -2.23. The molecule has 2 aromatic rings. The summed E-state index contributed by atoms with van der Waals surface area (Å²) >= 11 is 0. The molecule has 0 radical (unpaired) electrons. The molecule has 1 saturated heterocycles. The second-order valence-electron chi connectivity index (χ2n) is 6.48. The molecule has 25 heavy (non-hydrogen) atoms. The average Bonchev–Trinajstić information content (AvgIpc) is 3.25. The summed E-state index contributed by atoms with van der Waals surface area (Å²) in [5.41, 5.74) is 2.70. The molecule has 1 aliphatic heterocycles. The number of nitrogens with one attached hydrogen (secondary N) is 2. The summed E-state index contributed by atoms with van der Waals surface area (Å²) < 4.78 is 0. The number of carbonyl (C=O) groups excluding carboxylic acids is 2. The summed E-state index contributed by atoms with van der Waals surface area (Å²) in [6, 6.07) is 7.20. The smallest absolute Gasteiger partial charge is 0.247 e. The van der Waals surface area contributed by atoms with E-state index in [0.29, 0.717) is 13.0 Å². The molecule has 3 rings (SSSR count). The summed E-state index contributed by atoms with van der Waals surface area (Å²) in [6.45, 7) is 4.61. The maximum absolute atomic E-state index is 12.6. The summed E-state index contributed by atoms with van der Waals surface area (Å²) in [5, 5.41) is 2.93. The number of hydrogen-bond acceptors (Lipinski definition) is 3. The van der Waals surface area contributed by atoms with Crippen molar-refractivity contribution < 1.29 is 9.59 Å². The summed E-state index contributed by atoms with van der Waals surface area (Å²) in [5.74, 6) is 0.773. The molecular weight excluding hydrogens is 316 g/mol. The van der Waals surface area contributed by atoms with E-state index in [2.05, 4.69) is 15.3 Å². The number of likely N-dealkylation sites (tertiary alicyclic amines) is 1. The summed E-state index contributed by atoms with van der Waals surface area (Å²) in [4.78, 5) is 33.9. The van der Waals surface area contributed by atoms with Crippen LogP contribution in [-0.4, -0.2) is 39.3 Å². The van der Waals surface area contributed by atoms with E-state index in [1.807, 2.05) is 38.1 Å². The zero-order valence-electron chi connectivity index (χ0n) is 14.7. The minimum absolute atomic E-state index is 0.0729. The fourth-order valence-electron chi connectivity index (χ4n) is 3.19. The molecule has 2 heterocycles. The zero-order valence-corrected chi connectivity index (χ0v) is 14.7. The number of carbonyl (C=O) groups is 2. The minimum atomic E-state index is -0.355. The normalized spacial score (nSPS) is 16.9. The van der Waals surface area contributed by atoms with Gasteiger partial charge in [0.2, 0.25) is 11.8 Å². The van der Waals surface area contributed by atoms with Gasteiger partial charge in [-0.05, 0) is 50.5 Å². The van der Waals surface area contributed by atoms with Crippen molar-refractivity contribution in [1.82, 2.24) is 14.9 Å². The van der Waals surface area contributed by atoms with E-state index >= 15 is 0 Å². The van der Waals surface area contributed by atoms with E-state index in [1.54, 1.807) is 11.1 Å². The molecule has 1 aliphatic rings. The predicted octanol–water partition coefficient (Wildman–Crippen LogP) is 3.11. The molecule has 2 N–H and O–H groups in total. The standard InChI is InChI=1S/C19H24N4O2/c1-3-5-17(24)23-11-4-6-16(23)19(25)22-15-9-7-14(8-10-15)18-20-12-13(2)21-18/h7-10,12,16H,3-6,11H2,1-2H3,(H,20,21)(H,22,25). The Morgan fingerprint density at radius 3 is 2.72 bits per heavy atom. The van der Waals surface area contributed by atoms with Crippen molar-refractivity contribution in [3.8, 4) is 11.4 Å². The van der Waals surface area contributed by atoms with Crippen LogP contribution in [0, 0.1) is 6.92 Å². The number of anilines is 1. The lowest BCUT2D eigenvalue weighted by atomic mass is 10.1. The first-order valence-corrected chi connectivity index (χ1v) is 8.81. The van der Waals surface area contributed by atoms with Crippen LogP contribution in [-0.2, 0) is 9.59 Å². The van der Waals surface area contributed by atoms with E-state index in [1.165, 1.54) is 0 Å². The number of benzene rings is 1. The Hall–Kier alpha value is -2.63. The number of nitrogens with zero attached hydrogens (tertiary/aromatic N) is 2. The Balaban J connectivity index is 1.65. The van der Waals surface area contributed by atoms with Gasteiger partial charge in [-0.3, -0.25) is 9.59 Å². The van der Waals surface area contributed by atoms with Gasteiger partial charge in [-0.2, -0.15) is 0 Å². The maximum Gasteiger partial charge on any atom is 0.247 e. The third-order valence-electron chi connectivity index (χ3n) is 4.47. The van der Waals surface area contributed by atoms with Crippen molar-refractivity contribution in [2.75, 3.05) is 11.9 Å². The number of aryl methyl sites for hydroxylation is 1. The molecule has 0 spiro atoms. The predicted molar refractivity (Wildman–Crippen MR) is 97.0 cm³/mol. The van der Waals surface area contributed by atoms with Crippen LogP contribution in [0.3, 0.4) is 0 Å². The van der Waals surface area contributed by atoms with Crippen molar-refractivity contribution in [1.29, 1.82) is 0 Å². The second-order valence-corrected chi connectivity index (χ2v) is 6.48. The van der Waals surface area contributed by atoms with Crippen LogP contribution in [0.25, 0.3) is 11.4 Å². The van der Waals surface area contributed by atoms with E-state index in [4.69, 9.17) is 0 Å². The SMILES string of the molecule is CCCC(=O)N1CCCC1C(=O)Nc1ccc(-c2ncc(C)[nH]2)cc1. The van der Waals surface area contributed by atoms with Crippen molar-refractivity contribution in [3.05, 3.63) is 36.2 Å². The molecule has 6 nitrogen and oxygen atoms in total. The maximum atomic E-state index is 12.6. The Morgan fingerprint density at radius 2 is 2.08 bits per heavy atom. The fourth-order valence-corrected chi connectivity index (χ4v) is 3.19. The van der Waals surface area contributed by atoms with Crippen molar-refractivity contribution >= 4 is 17.5 Å². The molecule has 132 valence electrons. The molecule has 1 aromatic heterocycles. The fraction of sp³-hybridized carbons (Fsp3) is 0.421. The quantitative estimate of drug-likeness (QED) is 0.878. The number of H-pyrrole nitrogens is 1. The van der Waals surface area contributed by atoms with Crippen LogP contribution in [0.2, 0.25) is 0 Å². The average molecular weight is 340 g/mol. The molecule has 1 fully saturated rings. The van der Waals surface area contributed by atoms with Gasteiger partial charge in [-0.15, -0.1) is 0 Å². The van der Waals surface area contributed by atoms with Crippen LogP contribution >= 0.6 is 0 Å². The largest absolute Gasteiger partial charge is 0.342 e. The number of imidazole rings is 1. The third kappa shape index (κ3) is 3.90. The van der Waals surface area contributed by atoms with Crippen LogP contribution < -0.4 is 5.32 Å². The van der Waals surface area contributed by atoms with Gasteiger partial charge in [0.05, 0.1) is 0 Å². The highest BCUT2D eigenvalue weighted by Crippen LogP contribution is 2.22. The Labute approximate surface area is 147 Å². The van der Waals surface area contributed by atoms with Crippen LogP contribution in [0.15, 0.2) is 30.5 Å². The van der Waals surface area contributed by atoms with Gasteiger partial charge in [-0.25, -0.2) is 4.98 Å².